The maximum Gasteiger partial charge on any atom is 0.271 e. The number of hydrazine groups is 1. The largest absolute Gasteiger partial charge is 0.311 e. The fourth-order valence-electron chi connectivity index (χ4n) is 2.92. The molecule has 0 unspecified atom stereocenters. The van der Waals surface area contributed by atoms with Crippen LogP contribution in [0.15, 0.2) is 48.5 Å². The van der Waals surface area contributed by atoms with Gasteiger partial charge in [-0.3, -0.25) is 25.2 Å². The monoisotopic (exact) mass is 371 g/mol. The molecule has 7 heteroatoms. The second-order valence-corrected chi connectivity index (χ2v) is 6.52. The molecule has 0 radical (unpaired) electrons. The first-order valence-electron chi connectivity index (χ1n) is 8.18. The number of carbonyl (C=O) groups is 3. The lowest BCUT2D eigenvalue weighted by atomic mass is 10.1. The molecule has 1 aliphatic rings. The van der Waals surface area contributed by atoms with E-state index < -0.39 is 17.7 Å². The quantitative estimate of drug-likeness (QED) is 0.813. The SMILES string of the molecule is Cc1ccccc1N1C[C@H](C(=O)NNC(=O)c2ccccc2Cl)CC1=O. The zero-order valence-electron chi connectivity index (χ0n) is 14.2. The first kappa shape index (κ1) is 17.9. The Morgan fingerprint density at radius 2 is 1.77 bits per heavy atom. The standard InChI is InChI=1S/C19H18ClN3O3/c1-12-6-2-5-9-16(12)23-11-13(10-17(23)24)18(25)21-22-19(26)14-7-3-4-8-15(14)20/h2-9,13H,10-11H2,1H3,(H,21,25)(H,22,26)/t13-/m1/s1. The number of carbonyl (C=O) groups excluding carboxylic acids is 3. The van der Waals surface area contributed by atoms with Gasteiger partial charge in [-0.1, -0.05) is 41.9 Å². The average Bonchev–Trinajstić information content (AvgIpc) is 3.02. The third-order valence-corrected chi connectivity index (χ3v) is 4.65. The minimum Gasteiger partial charge on any atom is -0.311 e. The highest BCUT2D eigenvalue weighted by atomic mass is 35.5. The van der Waals surface area contributed by atoms with Crippen LogP contribution >= 0.6 is 11.6 Å². The summed E-state index contributed by atoms with van der Waals surface area (Å²) in [6, 6.07) is 14.1. The van der Waals surface area contributed by atoms with Crippen molar-refractivity contribution in [2.45, 2.75) is 13.3 Å². The fourth-order valence-corrected chi connectivity index (χ4v) is 3.14. The molecule has 0 aliphatic carbocycles. The molecule has 1 fully saturated rings. The molecule has 6 nitrogen and oxygen atoms in total. The molecule has 2 aromatic rings. The zero-order chi connectivity index (χ0) is 18.7. The van der Waals surface area contributed by atoms with E-state index in [9.17, 15) is 14.4 Å². The van der Waals surface area contributed by atoms with E-state index in [1.807, 2.05) is 31.2 Å². The van der Waals surface area contributed by atoms with E-state index in [0.717, 1.165) is 11.3 Å². The Labute approximate surface area is 156 Å². The van der Waals surface area contributed by atoms with Gasteiger partial charge < -0.3 is 4.90 Å². The normalized spacial score (nSPS) is 16.5. The van der Waals surface area contributed by atoms with Crippen LogP contribution in [0.2, 0.25) is 5.02 Å². The third-order valence-electron chi connectivity index (χ3n) is 4.32. The van der Waals surface area contributed by atoms with Crippen LogP contribution in [0.25, 0.3) is 0 Å². The van der Waals surface area contributed by atoms with E-state index >= 15 is 0 Å². The Balaban J connectivity index is 1.61. The van der Waals surface area contributed by atoms with Crippen molar-refractivity contribution in [3.05, 3.63) is 64.7 Å². The predicted molar refractivity (Wildman–Crippen MR) is 98.7 cm³/mol. The highest BCUT2D eigenvalue weighted by Gasteiger charge is 2.35. The molecule has 2 aromatic carbocycles. The molecule has 134 valence electrons. The zero-order valence-corrected chi connectivity index (χ0v) is 14.9. The Kier molecular flexibility index (Phi) is 5.23. The van der Waals surface area contributed by atoms with Crippen LogP contribution in [0.5, 0.6) is 0 Å². The highest BCUT2D eigenvalue weighted by Crippen LogP contribution is 2.27. The lowest BCUT2D eigenvalue weighted by molar-refractivity contribution is -0.126. The predicted octanol–water partition coefficient (Wildman–Crippen LogP) is 2.46. The van der Waals surface area contributed by atoms with Gasteiger partial charge in [0.05, 0.1) is 16.5 Å². The van der Waals surface area contributed by atoms with E-state index in [1.54, 1.807) is 29.2 Å². The van der Waals surface area contributed by atoms with Crippen LogP contribution < -0.4 is 15.8 Å². The highest BCUT2D eigenvalue weighted by molar-refractivity contribution is 6.33. The minimum atomic E-state index is -0.534. The molecule has 0 spiro atoms. The minimum absolute atomic E-state index is 0.0993. The van der Waals surface area contributed by atoms with E-state index in [0.29, 0.717) is 5.02 Å². The average molecular weight is 372 g/mol. The summed E-state index contributed by atoms with van der Waals surface area (Å²) in [4.78, 5) is 38.3. The summed E-state index contributed by atoms with van der Waals surface area (Å²) < 4.78 is 0. The van der Waals surface area contributed by atoms with E-state index in [4.69, 9.17) is 11.6 Å². The van der Waals surface area contributed by atoms with Crippen LogP contribution in [-0.2, 0) is 9.59 Å². The Bertz CT molecular complexity index is 869. The Hall–Kier alpha value is -2.86. The number of aryl methyl sites for hydroxylation is 1. The number of nitrogens with zero attached hydrogens (tertiary/aromatic N) is 1. The molecular formula is C19H18ClN3O3. The first-order valence-corrected chi connectivity index (χ1v) is 8.56. The molecule has 1 aliphatic heterocycles. The van der Waals surface area contributed by atoms with Gasteiger partial charge in [0.2, 0.25) is 11.8 Å². The van der Waals surface area contributed by atoms with E-state index in [1.165, 1.54) is 0 Å². The van der Waals surface area contributed by atoms with E-state index in [-0.39, 0.29) is 24.4 Å². The molecule has 1 heterocycles. The van der Waals surface area contributed by atoms with Crippen molar-refractivity contribution in [1.29, 1.82) is 0 Å². The molecule has 0 saturated carbocycles. The lowest BCUT2D eigenvalue weighted by Crippen LogP contribution is -2.45. The lowest BCUT2D eigenvalue weighted by Gasteiger charge is -2.19. The van der Waals surface area contributed by atoms with Gasteiger partial charge in [0.15, 0.2) is 0 Å². The summed E-state index contributed by atoms with van der Waals surface area (Å²) in [5.74, 6) is -1.57. The van der Waals surface area contributed by atoms with Gasteiger partial charge in [-0.25, -0.2) is 0 Å². The third kappa shape index (κ3) is 3.70. The molecule has 0 aromatic heterocycles. The molecule has 3 rings (SSSR count). The van der Waals surface area contributed by atoms with Crippen molar-refractivity contribution in [2.24, 2.45) is 5.92 Å². The smallest absolute Gasteiger partial charge is 0.271 e. The molecule has 1 saturated heterocycles. The second kappa shape index (κ2) is 7.58. The fraction of sp³-hybridized carbons (Fsp3) is 0.211. The molecule has 0 bridgehead atoms. The Morgan fingerprint density at radius 1 is 1.08 bits per heavy atom. The number of rotatable bonds is 3. The van der Waals surface area contributed by atoms with Crippen LogP contribution in [0, 0.1) is 12.8 Å². The number of halogens is 1. The van der Waals surface area contributed by atoms with Crippen LogP contribution in [0.1, 0.15) is 22.3 Å². The Morgan fingerprint density at radius 3 is 2.50 bits per heavy atom. The van der Waals surface area contributed by atoms with Crippen molar-refractivity contribution in [1.82, 2.24) is 10.9 Å². The topological polar surface area (TPSA) is 78.5 Å². The van der Waals surface area contributed by atoms with Crippen molar-refractivity contribution in [3.8, 4) is 0 Å². The maximum atomic E-state index is 12.3. The van der Waals surface area contributed by atoms with Crippen molar-refractivity contribution in [2.75, 3.05) is 11.4 Å². The van der Waals surface area contributed by atoms with Gasteiger partial charge in [0.1, 0.15) is 0 Å². The number of para-hydroxylation sites is 1. The molecule has 3 amide bonds. The van der Waals surface area contributed by atoms with Gasteiger partial charge in [-0.05, 0) is 30.7 Å². The van der Waals surface area contributed by atoms with Crippen LogP contribution in [0.4, 0.5) is 5.69 Å². The van der Waals surface area contributed by atoms with Crippen LogP contribution in [0.3, 0.4) is 0 Å². The summed E-state index contributed by atoms with van der Waals surface area (Å²) in [7, 11) is 0. The summed E-state index contributed by atoms with van der Waals surface area (Å²) in [6.45, 7) is 2.19. The summed E-state index contributed by atoms with van der Waals surface area (Å²) in [5, 5.41) is 0.293. The van der Waals surface area contributed by atoms with Gasteiger partial charge in [0.25, 0.3) is 5.91 Å². The molecule has 26 heavy (non-hydrogen) atoms. The van der Waals surface area contributed by atoms with Gasteiger partial charge >= 0.3 is 0 Å². The van der Waals surface area contributed by atoms with E-state index in [2.05, 4.69) is 10.9 Å². The first-order chi connectivity index (χ1) is 12.5. The van der Waals surface area contributed by atoms with Crippen molar-refractivity contribution < 1.29 is 14.4 Å². The van der Waals surface area contributed by atoms with Gasteiger partial charge in [0, 0.05) is 18.7 Å². The summed E-state index contributed by atoms with van der Waals surface area (Å²) in [6.07, 6.45) is 0.0993. The molecule has 2 N–H and O–H groups in total. The molecular weight excluding hydrogens is 354 g/mol. The number of hydrogen-bond donors (Lipinski definition) is 2. The summed E-state index contributed by atoms with van der Waals surface area (Å²) in [5.41, 5.74) is 6.75. The van der Waals surface area contributed by atoms with Crippen molar-refractivity contribution >= 4 is 35.0 Å². The van der Waals surface area contributed by atoms with Crippen LogP contribution in [-0.4, -0.2) is 24.3 Å². The number of amides is 3. The number of anilines is 1. The maximum absolute atomic E-state index is 12.3. The number of hydrogen-bond acceptors (Lipinski definition) is 3. The second-order valence-electron chi connectivity index (χ2n) is 6.12. The summed E-state index contributed by atoms with van der Waals surface area (Å²) >= 11 is 5.96. The number of benzene rings is 2. The van der Waals surface area contributed by atoms with Gasteiger partial charge in [-0.2, -0.15) is 0 Å². The number of nitrogens with one attached hydrogen (secondary N) is 2. The van der Waals surface area contributed by atoms with Crippen molar-refractivity contribution in [3.63, 3.8) is 0 Å². The molecule has 1 atom stereocenters. The van der Waals surface area contributed by atoms with Gasteiger partial charge in [-0.15, -0.1) is 0 Å².